The van der Waals surface area contributed by atoms with E-state index in [0.29, 0.717) is 0 Å². The Morgan fingerprint density at radius 1 is 1.30 bits per heavy atom. The molecule has 0 amide bonds. The van der Waals surface area contributed by atoms with Gasteiger partial charge in [0.15, 0.2) is 0 Å². The van der Waals surface area contributed by atoms with Gasteiger partial charge in [-0.3, -0.25) is 0 Å². The number of aliphatic hydroxyl groups excluding tert-OH is 1. The van der Waals surface area contributed by atoms with Crippen LogP contribution >= 0.6 is 22.7 Å². The van der Waals surface area contributed by atoms with Gasteiger partial charge in [-0.05, 0) is 25.5 Å². The monoisotopic (exact) mass is 343 g/mol. The van der Waals surface area contributed by atoms with Gasteiger partial charge in [-0.25, -0.2) is 9.97 Å². The summed E-state index contributed by atoms with van der Waals surface area (Å²) < 4.78 is 2.15. The van der Waals surface area contributed by atoms with Crippen molar-refractivity contribution >= 4 is 22.7 Å². The summed E-state index contributed by atoms with van der Waals surface area (Å²) in [7, 11) is 0. The van der Waals surface area contributed by atoms with Crippen LogP contribution in [-0.4, -0.2) is 26.2 Å². The third-order valence-electron chi connectivity index (χ3n) is 3.37. The van der Waals surface area contributed by atoms with Gasteiger partial charge in [0.25, 0.3) is 0 Å². The van der Waals surface area contributed by atoms with Gasteiger partial charge in [0.2, 0.25) is 0 Å². The standard InChI is InChI=1S/C17H17N3OS2/c1-3-14-16(22-12(2)19-14)11-20-9-8-18-17(20)15-7-6-13(23-15)5-4-10-21/h6-9,21H,3,10-11H2,1-2H3. The Kier molecular flexibility index (Phi) is 4.91. The van der Waals surface area contributed by atoms with Crippen molar-refractivity contribution in [3.05, 3.63) is 45.0 Å². The maximum atomic E-state index is 8.79. The summed E-state index contributed by atoms with van der Waals surface area (Å²) >= 11 is 3.34. The molecular formula is C17H17N3OS2. The number of rotatable bonds is 4. The first kappa shape index (κ1) is 15.9. The highest BCUT2D eigenvalue weighted by Crippen LogP contribution is 2.28. The number of aromatic nitrogens is 3. The summed E-state index contributed by atoms with van der Waals surface area (Å²) in [5.74, 6) is 6.56. The second-order valence-electron chi connectivity index (χ2n) is 4.96. The molecule has 1 N–H and O–H groups in total. The zero-order chi connectivity index (χ0) is 16.2. The van der Waals surface area contributed by atoms with Crippen molar-refractivity contribution in [2.45, 2.75) is 26.8 Å². The largest absolute Gasteiger partial charge is 0.384 e. The van der Waals surface area contributed by atoms with Crippen LogP contribution in [0, 0.1) is 18.8 Å². The van der Waals surface area contributed by atoms with E-state index in [9.17, 15) is 0 Å². The van der Waals surface area contributed by atoms with E-state index in [0.717, 1.165) is 33.6 Å². The maximum absolute atomic E-state index is 8.79. The highest BCUT2D eigenvalue weighted by Gasteiger charge is 2.13. The number of thiazole rings is 1. The second-order valence-corrected chi connectivity index (χ2v) is 7.33. The molecule has 23 heavy (non-hydrogen) atoms. The minimum atomic E-state index is -0.119. The quantitative estimate of drug-likeness (QED) is 0.739. The van der Waals surface area contributed by atoms with Gasteiger partial charge >= 0.3 is 0 Å². The lowest BCUT2D eigenvalue weighted by Crippen LogP contribution is -2.01. The molecule has 0 saturated heterocycles. The molecule has 0 unspecified atom stereocenters. The van der Waals surface area contributed by atoms with E-state index < -0.39 is 0 Å². The Balaban J connectivity index is 1.89. The number of nitrogens with zero attached hydrogens (tertiary/aromatic N) is 3. The van der Waals surface area contributed by atoms with Crippen LogP contribution < -0.4 is 0 Å². The van der Waals surface area contributed by atoms with Crippen LogP contribution in [0.5, 0.6) is 0 Å². The minimum absolute atomic E-state index is 0.119. The van der Waals surface area contributed by atoms with Crippen molar-refractivity contribution in [3.63, 3.8) is 0 Å². The molecule has 3 heterocycles. The molecule has 0 radical (unpaired) electrons. The summed E-state index contributed by atoms with van der Waals surface area (Å²) in [5, 5.41) is 9.90. The Morgan fingerprint density at radius 2 is 2.17 bits per heavy atom. The van der Waals surface area contributed by atoms with Crippen LogP contribution in [0.3, 0.4) is 0 Å². The lowest BCUT2D eigenvalue weighted by Gasteiger charge is -2.06. The van der Waals surface area contributed by atoms with E-state index in [1.54, 1.807) is 22.7 Å². The van der Waals surface area contributed by atoms with Crippen LogP contribution in [0.15, 0.2) is 24.5 Å². The fourth-order valence-electron chi connectivity index (χ4n) is 2.38. The van der Waals surface area contributed by atoms with Gasteiger partial charge in [-0.1, -0.05) is 18.8 Å². The first-order valence-corrected chi connectivity index (χ1v) is 9.00. The van der Waals surface area contributed by atoms with E-state index in [4.69, 9.17) is 5.11 Å². The maximum Gasteiger partial charge on any atom is 0.150 e. The van der Waals surface area contributed by atoms with E-state index in [2.05, 4.69) is 33.3 Å². The normalized spacial score (nSPS) is 10.6. The van der Waals surface area contributed by atoms with Crippen molar-refractivity contribution in [3.8, 4) is 22.5 Å². The van der Waals surface area contributed by atoms with Crippen molar-refractivity contribution in [1.29, 1.82) is 0 Å². The van der Waals surface area contributed by atoms with Crippen LogP contribution in [-0.2, 0) is 13.0 Å². The van der Waals surface area contributed by atoms with Crippen molar-refractivity contribution in [1.82, 2.24) is 14.5 Å². The fraction of sp³-hybridized carbons (Fsp3) is 0.294. The van der Waals surface area contributed by atoms with Crippen LogP contribution in [0.2, 0.25) is 0 Å². The number of thiophene rings is 1. The second kappa shape index (κ2) is 7.09. The molecule has 3 aromatic rings. The van der Waals surface area contributed by atoms with Crippen molar-refractivity contribution in [2.24, 2.45) is 0 Å². The predicted molar refractivity (Wildman–Crippen MR) is 94.8 cm³/mol. The van der Waals surface area contributed by atoms with Crippen LogP contribution in [0.25, 0.3) is 10.7 Å². The summed E-state index contributed by atoms with van der Waals surface area (Å²) in [6.45, 7) is 4.86. The highest BCUT2D eigenvalue weighted by atomic mass is 32.1. The lowest BCUT2D eigenvalue weighted by atomic mass is 10.3. The Bertz CT molecular complexity index is 864. The van der Waals surface area contributed by atoms with Crippen molar-refractivity contribution < 1.29 is 5.11 Å². The molecule has 0 aromatic carbocycles. The molecule has 0 saturated carbocycles. The molecule has 0 aliphatic heterocycles. The Morgan fingerprint density at radius 3 is 2.96 bits per heavy atom. The molecular weight excluding hydrogens is 326 g/mol. The van der Waals surface area contributed by atoms with Crippen LogP contribution in [0.1, 0.15) is 27.4 Å². The average molecular weight is 343 g/mol. The lowest BCUT2D eigenvalue weighted by molar-refractivity contribution is 0.350. The van der Waals surface area contributed by atoms with Gasteiger partial charge in [-0.2, -0.15) is 0 Å². The topological polar surface area (TPSA) is 50.9 Å². The first-order valence-electron chi connectivity index (χ1n) is 7.37. The number of hydrogen-bond donors (Lipinski definition) is 1. The Hall–Kier alpha value is -1.94. The summed E-state index contributed by atoms with van der Waals surface area (Å²) in [6, 6.07) is 4.00. The molecule has 118 valence electrons. The number of aliphatic hydroxyl groups is 1. The molecule has 0 fully saturated rings. The van der Waals surface area contributed by atoms with Gasteiger partial charge in [-0.15, -0.1) is 22.7 Å². The van der Waals surface area contributed by atoms with Crippen LogP contribution in [0.4, 0.5) is 0 Å². The van der Waals surface area contributed by atoms with E-state index in [1.165, 1.54) is 10.6 Å². The average Bonchev–Trinajstić information content (AvgIpc) is 3.25. The zero-order valence-corrected chi connectivity index (χ0v) is 14.7. The smallest absolute Gasteiger partial charge is 0.150 e. The molecule has 0 aliphatic carbocycles. The molecule has 0 bridgehead atoms. The van der Waals surface area contributed by atoms with E-state index in [-0.39, 0.29) is 6.61 Å². The molecule has 6 heteroatoms. The molecule has 0 atom stereocenters. The highest BCUT2D eigenvalue weighted by molar-refractivity contribution is 7.16. The Labute approximate surface area is 143 Å². The molecule has 3 rings (SSSR count). The van der Waals surface area contributed by atoms with Gasteiger partial charge in [0, 0.05) is 17.3 Å². The molecule has 3 aromatic heterocycles. The number of hydrogen-bond acceptors (Lipinski definition) is 5. The van der Waals surface area contributed by atoms with Gasteiger partial charge in [0.1, 0.15) is 12.4 Å². The van der Waals surface area contributed by atoms with Gasteiger partial charge in [0.05, 0.1) is 27.0 Å². The minimum Gasteiger partial charge on any atom is -0.384 e. The fourth-order valence-corrected chi connectivity index (χ4v) is 4.30. The SMILES string of the molecule is CCc1nc(C)sc1Cn1ccnc1-c1ccc(C#CCO)s1. The predicted octanol–water partition coefficient (Wildman–Crippen LogP) is 3.33. The first-order chi connectivity index (χ1) is 11.2. The van der Waals surface area contributed by atoms with Gasteiger partial charge < -0.3 is 9.67 Å². The molecule has 0 spiro atoms. The van der Waals surface area contributed by atoms with E-state index in [1.807, 2.05) is 31.5 Å². The number of aryl methyl sites for hydroxylation is 2. The molecule has 0 aliphatic rings. The zero-order valence-electron chi connectivity index (χ0n) is 13.0. The summed E-state index contributed by atoms with van der Waals surface area (Å²) in [5.41, 5.74) is 1.17. The third-order valence-corrected chi connectivity index (χ3v) is 5.36. The summed E-state index contributed by atoms with van der Waals surface area (Å²) in [6.07, 6.45) is 4.78. The third kappa shape index (κ3) is 3.53. The van der Waals surface area contributed by atoms with Crippen molar-refractivity contribution in [2.75, 3.05) is 6.61 Å². The molecule has 4 nitrogen and oxygen atoms in total. The number of imidazole rings is 1. The van der Waals surface area contributed by atoms with E-state index >= 15 is 0 Å². The summed E-state index contributed by atoms with van der Waals surface area (Å²) in [4.78, 5) is 12.4.